The van der Waals surface area contributed by atoms with E-state index in [1.54, 1.807) is 35.4 Å². The number of nitrogens with one attached hydrogen (secondary N) is 1. The predicted molar refractivity (Wildman–Crippen MR) is 83.9 cm³/mol. The van der Waals surface area contributed by atoms with Crippen LogP contribution in [-0.2, 0) is 16.1 Å². The number of benzene rings is 1. The van der Waals surface area contributed by atoms with Gasteiger partial charge >= 0.3 is 0 Å². The summed E-state index contributed by atoms with van der Waals surface area (Å²) in [7, 11) is 0. The number of hydrogen-bond donors (Lipinski definition) is 1. The molecule has 0 spiro atoms. The molecule has 1 aromatic heterocycles. The van der Waals surface area contributed by atoms with Crippen molar-refractivity contribution in [2.75, 3.05) is 5.75 Å². The van der Waals surface area contributed by atoms with Crippen molar-refractivity contribution in [3.8, 4) is 0 Å². The first kappa shape index (κ1) is 14.9. The fraction of sp³-hybridized carbons (Fsp3) is 0.214. The maximum atomic E-state index is 12.1. The second-order valence-corrected chi connectivity index (χ2v) is 6.25. The van der Waals surface area contributed by atoms with Crippen molar-refractivity contribution in [1.29, 1.82) is 0 Å². The molecule has 8 heteroatoms. The molecule has 114 valence electrons. The van der Waals surface area contributed by atoms with Gasteiger partial charge in [-0.1, -0.05) is 23.7 Å². The van der Waals surface area contributed by atoms with Gasteiger partial charge in [0, 0.05) is 17.4 Å². The first-order chi connectivity index (χ1) is 10.6. The molecule has 3 rings (SSSR count). The Balaban J connectivity index is 1.71. The lowest BCUT2D eigenvalue weighted by Crippen LogP contribution is -2.45. The van der Waals surface area contributed by atoms with Crippen LogP contribution in [0.25, 0.3) is 0 Å². The maximum absolute atomic E-state index is 12.1. The number of carbonyl (C=O) groups is 2. The van der Waals surface area contributed by atoms with Crippen LogP contribution in [0.2, 0.25) is 5.02 Å². The zero-order chi connectivity index (χ0) is 15.5. The van der Waals surface area contributed by atoms with Crippen LogP contribution in [0.4, 0.5) is 0 Å². The summed E-state index contributed by atoms with van der Waals surface area (Å²) in [5.74, 6) is -0.0599. The zero-order valence-corrected chi connectivity index (χ0v) is 13.0. The molecular formula is C14H13ClN4O2S. The number of imidazole rings is 1. The van der Waals surface area contributed by atoms with Gasteiger partial charge in [0.15, 0.2) is 0 Å². The number of rotatable bonds is 4. The maximum Gasteiger partial charge on any atom is 0.258 e. The lowest BCUT2D eigenvalue weighted by atomic mass is 10.2. The minimum Gasteiger partial charge on any atom is -0.328 e. The summed E-state index contributed by atoms with van der Waals surface area (Å²) >= 11 is 7.35. The third-order valence-electron chi connectivity index (χ3n) is 3.15. The van der Waals surface area contributed by atoms with Crippen LogP contribution in [0.15, 0.2) is 43.0 Å². The van der Waals surface area contributed by atoms with Crippen LogP contribution in [0.1, 0.15) is 10.9 Å². The lowest BCUT2D eigenvalue weighted by Gasteiger charge is -2.24. The smallest absolute Gasteiger partial charge is 0.258 e. The molecule has 1 saturated heterocycles. The fourth-order valence-electron chi connectivity index (χ4n) is 2.13. The number of thioether (sulfide) groups is 1. The molecule has 22 heavy (non-hydrogen) atoms. The second kappa shape index (κ2) is 6.41. The Morgan fingerprint density at radius 2 is 2.18 bits per heavy atom. The van der Waals surface area contributed by atoms with E-state index in [9.17, 15) is 9.59 Å². The molecule has 1 aromatic carbocycles. The van der Waals surface area contributed by atoms with Crippen LogP contribution < -0.4 is 5.43 Å². The van der Waals surface area contributed by atoms with Crippen LogP contribution in [0.5, 0.6) is 0 Å². The molecule has 1 atom stereocenters. The first-order valence-corrected chi connectivity index (χ1v) is 8.00. The van der Waals surface area contributed by atoms with Crippen LogP contribution in [0.3, 0.4) is 0 Å². The highest BCUT2D eigenvalue weighted by molar-refractivity contribution is 8.00. The number of carbonyl (C=O) groups excluding carboxylic acids is 2. The van der Waals surface area contributed by atoms with E-state index >= 15 is 0 Å². The van der Waals surface area contributed by atoms with Crippen LogP contribution >= 0.6 is 23.4 Å². The third kappa shape index (κ3) is 3.26. The highest BCUT2D eigenvalue weighted by atomic mass is 35.5. The van der Waals surface area contributed by atoms with Crippen molar-refractivity contribution in [3.63, 3.8) is 0 Å². The number of hydrazine groups is 1. The van der Waals surface area contributed by atoms with Gasteiger partial charge in [0.05, 0.1) is 12.1 Å². The Morgan fingerprint density at radius 3 is 2.86 bits per heavy atom. The van der Waals surface area contributed by atoms with E-state index < -0.39 is 0 Å². The number of hydrogen-bond acceptors (Lipinski definition) is 4. The van der Waals surface area contributed by atoms with Crippen molar-refractivity contribution in [2.24, 2.45) is 0 Å². The lowest BCUT2D eigenvalue weighted by molar-refractivity contribution is -0.139. The van der Waals surface area contributed by atoms with Gasteiger partial charge < -0.3 is 4.57 Å². The number of halogens is 1. The average molecular weight is 337 g/mol. The average Bonchev–Trinajstić information content (AvgIpc) is 3.11. The van der Waals surface area contributed by atoms with Crippen molar-refractivity contribution < 1.29 is 9.59 Å². The van der Waals surface area contributed by atoms with E-state index in [0.29, 0.717) is 10.8 Å². The topological polar surface area (TPSA) is 67.2 Å². The van der Waals surface area contributed by atoms with Gasteiger partial charge in [-0.15, -0.1) is 11.8 Å². The minimum absolute atomic E-state index is 0.113. The molecule has 2 amide bonds. The van der Waals surface area contributed by atoms with Gasteiger partial charge in [0.2, 0.25) is 0 Å². The van der Waals surface area contributed by atoms with E-state index in [4.69, 9.17) is 11.6 Å². The molecule has 0 saturated carbocycles. The Bertz CT molecular complexity index is 675. The Labute approximate surface area is 136 Å². The van der Waals surface area contributed by atoms with Crippen LogP contribution in [-0.4, -0.2) is 32.1 Å². The third-order valence-corrected chi connectivity index (χ3v) is 4.62. The Hall–Kier alpha value is -1.99. The van der Waals surface area contributed by atoms with Gasteiger partial charge in [0.25, 0.3) is 11.8 Å². The highest BCUT2D eigenvalue weighted by Crippen LogP contribution is 2.37. The molecular weight excluding hydrogens is 324 g/mol. The van der Waals surface area contributed by atoms with Gasteiger partial charge in [-0.2, -0.15) is 0 Å². The predicted octanol–water partition coefficient (Wildman–Crippen LogP) is 1.84. The van der Waals surface area contributed by atoms with Gasteiger partial charge in [-0.3, -0.25) is 15.0 Å². The normalized spacial score (nSPS) is 17.8. The summed E-state index contributed by atoms with van der Waals surface area (Å²) < 4.78 is 1.64. The summed E-state index contributed by atoms with van der Waals surface area (Å²) in [6.07, 6.45) is 4.84. The zero-order valence-electron chi connectivity index (χ0n) is 11.5. The number of amides is 2. The molecule has 0 radical (unpaired) electrons. The summed E-state index contributed by atoms with van der Waals surface area (Å²) in [6, 6.07) is 7.25. The van der Waals surface area contributed by atoms with Gasteiger partial charge in [-0.25, -0.2) is 9.99 Å². The SMILES string of the molecule is O=C(Cn1ccnc1)NN1C(=O)CSC1c1ccc(Cl)cc1. The van der Waals surface area contributed by atoms with Gasteiger partial charge in [0.1, 0.15) is 11.9 Å². The summed E-state index contributed by atoms with van der Waals surface area (Å²) in [6.45, 7) is 0.113. The quantitative estimate of drug-likeness (QED) is 0.925. The standard InChI is InChI=1S/C14H13ClN4O2S/c15-11-3-1-10(2-4-11)14-19(13(21)8-22-14)17-12(20)7-18-6-5-16-9-18/h1-6,9,14H,7-8H2,(H,17,20). The summed E-state index contributed by atoms with van der Waals surface area (Å²) in [4.78, 5) is 27.9. The summed E-state index contributed by atoms with van der Waals surface area (Å²) in [5.41, 5.74) is 3.59. The fourth-order valence-corrected chi connectivity index (χ4v) is 3.37. The molecule has 2 aromatic rings. The molecule has 1 N–H and O–H groups in total. The summed E-state index contributed by atoms with van der Waals surface area (Å²) in [5, 5.41) is 1.78. The molecule has 1 aliphatic rings. The molecule has 1 aliphatic heterocycles. The number of nitrogens with zero attached hydrogens (tertiary/aromatic N) is 3. The van der Waals surface area contributed by atoms with Crippen molar-refractivity contribution >= 4 is 35.2 Å². The molecule has 1 fully saturated rings. The molecule has 6 nitrogen and oxygen atoms in total. The largest absolute Gasteiger partial charge is 0.328 e. The van der Waals surface area contributed by atoms with E-state index in [1.807, 2.05) is 12.1 Å². The van der Waals surface area contributed by atoms with Crippen molar-refractivity contribution in [3.05, 3.63) is 53.6 Å². The van der Waals surface area contributed by atoms with Crippen molar-refractivity contribution in [2.45, 2.75) is 11.9 Å². The molecule has 2 heterocycles. The van der Waals surface area contributed by atoms with E-state index in [1.165, 1.54) is 16.8 Å². The minimum atomic E-state index is -0.271. The highest BCUT2D eigenvalue weighted by Gasteiger charge is 2.34. The van der Waals surface area contributed by atoms with E-state index in [-0.39, 0.29) is 23.7 Å². The monoisotopic (exact) mass is 336 g/mol. The first-order valence-electron chi connectivity index (χ1n) is 6.58. The van der Waals surface area contributed by atoms with Crippen molar-refractivity contribution in [1.82, 2.24) is 20.0 Å². The van der Waals surface area contributed by atoms with E-state index in [0.717, 1.165) is 5.56 Å². The Kier molecular flexibility index (Phi) is 4.35. The molecule has 0 aliphatic carbocycles. The van der Waals surface area contributed by atoms with E-state index in [2.05, 4.69) is 10.4 Å². The van der Waals surface area contributed by atoms with Crippen LogP contribution in [0, 0.1) is 0 Å². The second-order valence-electron chi connectivity index (χ2n) is 4.75. The Morgan fingerprint density at radius 1 is 1.41 bits per heavy atom. The molecule has 0 bridgehead atoms. The number of aromatic nitrogens is 2. The molecule has 1 unspecified atom stereocenters. The van der Waals surface area contributed by atoms with Gasteiger partial charge in [-0.05, 0) is 17.7 Å².